The fourth-order valence-corrected chi connectivity index (χ4v) is 2.23. The van der Waals surface area contributed by atoms with Gasteiger partial charge in [0.2, 0.25) is 5.95 Å². The number of carbonyl (C=O) groups is 1. The van der Waals surface area contributed by atoms with E-state index in [4.69, 9.17) is 5.11 Å². The summed E-state index contributed by atoms with van der Waals surface area (Å²) in [6.07, 6.45) is 5.30. The molecule has 104 valence electrons. The highest BCUT2D eigenvalue weighted by Crippen LogP contribution is 2.23. The Bertz CT molecular complexity index is 451. The predicted octanol–water partition coefficient (Wildman–Crippen LogP) is 2.08. The van der Waals surface area contributed by atoms with Crippen LogP contribution in [0.5, 0.6) is 0 Å². The lowest BCUT2D eigenvalue weighted by atomic mass is 9.89. The monoisotopic (exact) mass is 263 g/mol. The summed E-state index contributed by atoms with van der Waals surface area (Å²) in [7, 11) is 0. The zero-order valence-electron chi connectivity index (χ0n) is 11.8. The van der Waals surface area contributed by atoms with E-state index < -0.39 is 5.97 Å². The van der Waals surface area contributed by atoms with Gasteiger partial charge in [-0.25, -0.2) is 9.97 Å². The summed E-state index contributed by atoms with van der Waals surface area (Å²) >= 11 is 0. The minimum Gasteiger partial charge on any atom is -0.481 e. The predicted molar refractivity (Wildman–Crippen MR) is 73.3 cm³/mol. The van der Waals surface area contributed by atoms with E-state index in [1.807, 2.05) is 17.3 Å². The van der Waals surface area contributed by atoms with E-state index in [0.29, 0.717) is 12.5 Å². The lowest BCUT2D eigenvalue weighted by Gasteiger charge is -2.31. The van der Waals surface area contributed by atoms with Crippen molar-refractivity contribution in [1.82, 2.24) is 9.97 Å². The average Bonchev–Trinajstić information content (AvgIpc) is 2.38. The molecule has 1 aliphatic heterocycles. The summed E-state index contributed by atoms with van der Waals surface area (Å²) in [5, 5.41) is 9.09. The van der Waals surface area contributed by atoms with Gasteiger partial charge >= 0.3 is 5.97 Å². The topological polar surface area (TPSA) is 66.3 Å². The molecule has 0 spiro atoms. The van der Waals surface area contributed by atoms with Crippen LogP contribution in [0.1, 0.15) is 39.2 Å². The first-order valence-corrected chi connectivity index (χ1v) is 6.68. The van der Waals surface area contributed by atoms with E-state index >= 15 is 0 Å². The van der Waals surface area contributed by atoms with E-state index in [1.54, 1.807) is 0 Å². The molecule has 1 fully saturated rings. The molecule has 0 aromatic carbocycles. The van der Waals surface area contributed by atoms with Crippen LogP contribution >= 0.6 is 0 Å². The molecule has 0 aliphatic carbocycles. The summed E-state index contributed by atoms with van der Waals surface area (Å²) in [5.41, 5.74) is 1.12. The van der Waals surface area contributed by atoms with Gasteiger partial charge in [0.15, 0.2) is 0 Å². The largest absolute Gasteiger partial charge is 0.481 e. The summed E-state index contributed by atoms with van der Waals surface area (Å²) < 4.78 is 0. The molecule has 1 unspecified atom stereocenters. The molecule has 0 amide bonds. The third kappa shape index (κ3) is 3.22. The minimum atomic E-state index is -0.726. The van der Waals surface area contributed by atoms with Crippen LogP contribution in [0.15, 0.2) is 12.4 Å². The van der Waals surface area contributed by atoms with E-state index in [0.717, 1.165) is 24.9 Å². The normalized spacial score (nSPS) is 20.4. The Balaban J connectivity index is 2.12. The van der Waals surface area contributed by atoms with Crippen molar-refractivity contribution in [3.63, 3.8) is 0 Å². The molecule has 5 nitrogen and oxygen atoms in total. The molecule has 1 N–H and O–H groups in total. The Morgan fingerprint density at radius 1 is 1.37 bits per heavy atom. The summed E-state index contributed by atoms with van der Waals surface area (Å²) in [4.78, 5) is 21.8. The summed E-state index contributed by atoms with van der Waals surface area (Å²) in [5.74, 6) is -0.394. The zero-order chi connectivity index (χ0) is 14.0. The second kappa shape index (κ2) is 5.15. The summed E-state index contributed by atoms with van der Waals surface area (Å²) in [6, 6.07) is 0. The number of hydrogen-bond donors (Lipinski definition) is 1. The zero-order valence-corrected chi connectivity index (χ0v) is 11.8. The van der Waals surface area contributed by atoms with Gasteiger partial charge in [0.1, 0.15) is 0 Å². The lowest BCUT2D eigenvalue weighted by Crippen LogP contribution is -2.39. The highest BCUT2D eigenvalue weighted by atomic mass is 16.4. The van der Waals surface area contributed by atoms with Crippen molar-refractivity contribution in [2.45, 2.75) is 39.0 Å². The number of hydrogen-bond acceptors (Lipinski definition) is 4. The van der Waals surface area contributed by atoms with Crippen molar-refractivity contribution >= 4 is 11.9 Å². The lowest BCUT2D eigenvalue weighted by molar-refractivity contribution is -0.141. The van der Waals surface area contributed by atoms with Gasteiger partial charge in [-0.3, -0.25) is 4.79 Å². The number of anilines is 1. The molecule has 1 aromatic heterocycles. The smallest absolute Gasteiger partial charge is 0.308 e. The Kier molecular flexibility index (Phi) is 3.73. The van der Waals surface area contributed by atoms with Crippen molar-refractivity contribution in [3.8, 4) is 0 Å². The first-order chi connectivity index (χ1) is 8.88. The van der Waals surface area contributed by atoms with Gasteiger partial charge in [0.05, 0.1) is 5.92 Å². The van der Waals surface area contributed by atoms with Gasteiger partial charge in [-0.1, -0.05) is 20.8 Å². The van der Waals surface area contributed by atoms with Crippen LogP contribution in [0.4, 0.5) is 5.95 Å². The van der Waals surface area contributed by atoms with Crippen LogP contribution in [-0.2, 0) is 10.2 Å². The number of carboxylic acids is 1. The number of carboxylic acid groups (broad SMARTS) is 1. The number of piperidine rings is 1. The number of rotatable bonds is 2. The van der Waals surface area contributed by atoms with Crippen molar-refractivity contribution in [1.29, 1.82) is 0 Å². The second-order valence-corrected chi connectivity index (χ2v) is 6.15. The highest BCUT2D eigenvalue weighted by molar-refractivity contribution is 5.71. The molecule has 19 heavy (non-hydrogen) atoms. The maximum Gasteiger partial charge on any atom is 0.308 e. The van der Waals surface area contributed by atoms with Gasteiger partial charge in [-0.05, 0) is 23.8 Å². The molecule has 1 atom stereocenters. The Labute approximate surface area is 113 Å². The molecular weight excluding hydrogens is 242 g/mol. The molecule has 2 heterocycles. The van der Waals surface area contributed by atoms with Crippen LogP contribution in [0.25, 0.3) is 0 Å². The first-order valence-electron chi connectivity index (χ1n) is 6.68. The first kappa shape index (κ1) is 13.8. The molecule has 0 saturated carbocycles. The molecule has 5 heteroatoms. The SMILES string of the molecule is CC(C)(C)c1cnc(N2CCCC(C(=O)O)C2)nc1. The number of aromatic nitrogens is 2. The molecule has 1 aromatic rings. The minimum absolute atomic E-state index is 0.0318. The molecule has 1 saturated heterocycles. The van der Waals surface area contributed by atoms with Gasteiger partial charge in [0.25, 0.3) is 0 Å². The quantitative estimate of drug-likeness (QED) is 0.884. The van der Waals surface area contributed by atoms with Gasteiger partial charge in [0, 0.05) is 25.5 Å². The van der Waals surface area contributed by atoms with Crippen molar-refractivity contribution in [3.05, 3.63) is 18.0 Å². The van der Waals surface area contributed by atoms with Crippen molar-refractivity contribution in [2.24, 2.45) is 5.92 Å². The van der Waals surface area contributed by atoms with Crippen molar-refractivity contribution in [2.75, 3.05) is 18.0 Å². The second-order valence-electron chi connectivity index (χ2n) is 6.15. The Morgan fingerprint density at radius 2 is 2.00 bits per heavy atom. The van der Waals surface area contributed by atoms with E-state index in [-0.39, 0.29) is 11.3 Å². The van der Waals surface area contributed by atoms with Crippen LogP contribution < -0.4 is 4.90 Å². The van der Waals surface area contributed by atoms with E-state index in [1.165, 1.54) is 0 Å². The summed E-state index contributed by atoms with van der Waals surface area (Å²) in [6.45, 7) is 7.69. The number of nitrogens with zero attached hydrogens (tertiary/aromatic N) is 3. The van der Waals surface area contributed by atoms with E-state index in [9.17, 15) is 4.79 Å². The molecular formula is C14H21N3O2. The van der Waals surface area contributed by atoms with Gasteiger partial charge in [-0.2, -0.15) is 0 Å². The molecule has 0 radical (unpaired) electrons. The third-order valence-corrected chi connectivity index (χ3v) is 3.56. The maximum atomic E-state index is 11.0. The van der Waals surface area contributed by atoms with Crippen LogP contribution in [0.2, 0.25) is 0 Å². The highest BCUT2D eigenvalue weighted by Gasteiger charge is 2.26. The standard InChI is InChI=1S/C14H21N3O2/c1-14(2,3)11-7-15-13(16-8-11)17-6-4-5-10(9-17)12(18)19/h7-8,10H,4-6,9H2,1-3H3,(H,18,19). The van der Waals surface area contributed by atoms with E-state index in [2.05, 4.69) is 30.7 Å². The molecule has 1 aliphatic rings. The van der Waals surface area contributed by atoms with Crippen LogP contribution in [-0.4, -0.2) is 34.1 Å². The van der Waals surface area contributed by atoms with Gasteiger partial charge in [-0.15, -0.1) is 0 Å². The van der Waals surface area contributed by atoms with Crippen molar-refractivity contribution < 1.29 is 9.90 Å². The maximum absolute atomic E-state index is 11.0. The Morgan fingerprint density at radius 3 is 2.53 bits per heavy atom. The average molecular weight is 263 g/mol. The Hall–Kier alpha value is -1.65. The molecule has 0 bridgehead atoms. The third-order valence-electron chi connectivity index (χ3n) is 3.56. The van der Waals surface area contributed by atoms with Crippen LogP contribution in [0, 0.1) is 5.92 Å². The van der Waals surface area contributed by atoms with Crippen LogP contribution in [0.3, 0.4) is 0 Å². The number of aliphatic carboxylic acids is 1. The fourth-order valence-electron chi connectivity index (χ4n) is 2.23. The fraction of sp³-hybridized carbons (Fsp3) is 0.643. The van der Waals surface area contributed by atoms with Gasteiger partial charge < -0.3 is 10.0 Å². The molecule has 2 rings (SSSR count).